The van der Waals surface area contributed by atoms with Crippen molar-refractivity contribution in [3.63, 3.8) is 0 Å². The first-order valence-electron chi connectivity index (χ1n) is 11.7. The van der Waals surface area contributed by atoms with E-state index in [4.69, 9.17) is 25.7 Å². The zero-order valence-corrected chi connectivity index (χ0v) is 21.6. The molecule has 3 aromatic rings. The number of ether oxygens (including phenoxy) is 1. The summed E-state index contributed by atoms with van der Waals surface area (Å²) in [5.74, 6) is 2.71. The summed E-state index contributed by atoms with van der Waals surface area (Å²) in [6.45, 7) is 0.684. The lowest BCUT2D eigenvalue weighted by Gasteiger charge is -2.18. The second kappa shape index (κ2) is 10.3. The van der Waals surface area contributed by atoms with E-state index in [1.807, 2.05) is 28.8 Å². The Kier molecular flexibility index (Phi) is 6.73. The Morgan fingerprint density at radius 3 is 2.83 bits per heavy atom. The van der Waals surface area contributed by atoms with Gasteiger partial charge in [0.15, 0.2) is 11.0 Å². The van der Waals surface area contributed by atoms with Crippen molar-refractivity contribution in [1.82, 2.24) is 14.8 Å². The van der Waals surface area contributed by atoms with Crippen LogP contribution in [-0.2, 0) is 17.9 Å². The fourth-order valence-corrected chi connectivity index (χ4v) is 6.76. The number of hydrogen-bond acceptors (Lipinski definition) is 8. The van der Waals surface area contributed by atoms with E-state index in [9.17, 15) is 4.79 Å². The van der Waals surface area contributed by atoms with Crippen LogP contribution in [0, 0.1) is 5.92 Å². The van der Waals surface area contributed by atoms with Gasteiger partial charge < -0.3 is 9.15 Å². The number of aliphatic imine (C=N–C) groups is 2. The van der Waals surface area contributed by atoms with Crippen molar-refractivity contribution < 1.29 is 13.9 Å². The van der Waals surface area contributed by atoms with Crippen LogP contribution in [0.5, 0.6) is 5.75 Å². The van der Waals surface area contributed by atoms with Crippen LogP contribution in [0.25, 0.3) is 0 Å². The van der Waals surface area contributed by atoms with Gasteiger partial charge in [0.1, 0.15) is 29.9 Å². The summed E-state index contributed by atoms with van der Waals surface area (Å²) in [4.78, 5) is 23.3. The topological polar surface area (TPSA) is 94.9 Å². The van der Waals surface area contributed by atoms with E-state index >= 15 is 0 Å². The summed E-state index contributed by atoms with van der Waals surface area (Å²) in [6.07, 6.45) is 5.98. The number of hydrogen-bond donors (Lipinski definition) is 0. The lowest BCUT2D eigenvalue weighted by atomic mass is 9.89. The van der Waals surface area contributed by atoms with Gasteiger partial charge in [0, 0.05) is 5.02 Å². The van der Waals surface area contributed by atoms with Crippen molar-refractivity contribution in [3.8, 4) is 5.75 Å². The first kappa shape index (κ1) is 23.6. The largest absolute Gasteiger partial charge is 0.486 e. The molecule has 1 amide bonds. The number of halogens is 1. The molecule has 8 nitrogen and oxygen atoms in total. The number of carbonyl (C=O) groups is 1. The van der Waals surface area contributed by atoms with Gasteiger partial charge >= 0.3 is 0 Å². The number of carbonyl (C=O) groups excluding carboxylic acids is 1. The molecule has 0 saturated carbocycles. The summed E-state index contributed by atoms with van der Waals surface area (Å²) in [5.41, 5.74) is 1.24. The lowest BCUT2D eigenvalue weighted by molar-refractivity contribution is -0.118. The van der Waals surface area contributed by atoms with Crippen molar-refractivity contribution in [2.24, 2.45) is 15.9 Å². The minimum atomic E-state index is -0.252. The highest BCUT2D eigenvalue weighted by Gasteiger charge is 2.40. The van der Waals surface area contributed by atoms with Crippen LogP contribution in [0.1, 0.15) is 37.3 Å². The number of amides is 1. The average molecular weight is 540 g/mol. The van der Waals surface area contributed by atoms with E-state index in [0.717, 1.165) is 30.1 Å². The molecule has 0 saturated heterocycles. The quantitative estimate of drug-likeness (QED) is 0.335. The van der Waals surface area contributed by atoms with E-state index < -0.39 is 0 Å². The third-order valence-corrected chi connectivity index (χ3v) is 8.67. The third kappa shape index (κ3) is 4.89. The van der Waals surface area contributed by atoms with Crippen molar-refractivity contribution in [2.75, 3.05) is 5.75 Å². The summed E-state index contributed by atoms with van der Waals surface area (Å²) in [7, 11) is 0. The normalized spacial score (nSPS) is 19.1. The van der Waals surface area contributed by atoms with Crippen LogP contribution in [0.4, 0.5) is 0 Å². The number of allylic oxidation sites excluding steroid dienone is 1. The van der Waals surface area contributed by atoms with Crippen LogP contribution in [0.15, 0.2) is 72.7 Å². The number of benzene rings is 1. The van der Waals surface area contributed by atoms with Gasteiger partial charge in [-0.3, -0.25) is 9.36 Å². The van der Waals surface area contributed by atoms with Gasteiger partial charge in [-0.2, -0.15) is 4.99 Å². The minimum Gasteiger partial charge on any atom is -0.486 e. The Morgan fingerprint density at radius 2 is 2.00 bits per heavy atom. The molecule has 1 aliphatic carbocycles. The molecule has 1 aromatic carbocycles. The SMILES string of the molecule is O=C1N=C(CSc2nnc(COc3ccc(Cl)cc3)n2Cc2ccco2)N=C2SC3=C(CCCC3)C12. The Labute approximate surface area is 221 Å². The predicted molar refractivity (Wildman–Crippen MR) is 141 cm³/mol. The van der Waals surface area contributed by atoms with Crippen LogP contribution in [-0.4, -0.2) is 37.3 Å². The van der Waals surface area contributed by atoms with Crippen molar-refractivity contribution >= 4 is 51.9 Å². The Balaban J connectivity index is 1.18. The lowest BCUT2D eigenvalue weighted by Crippen LogP contribution is -2.26. The van der Waals surface area contributed by atoms with Gasteiger partial charge in [-0.25, -0.2) is 4.99 Å². The molecule has 0 N–H and O–H groups in total. The molecule has 0 spiro atoms. The van der Waals surface area contributed by atoms with Crippen LogP contribution in [0.3, 0.4) is 0 Å². The molecule has 0 bridgehead atoms. The van der Waals surface area contributed by atoms with E-state index in [0.29, 0.717) is 39.9 Å². The second-order valence-corrected chi connectivity index (χ2v) is 11.1. The summed E-state index contributed by atoms with van der Waals surface area (Å²) in [6, 6.07) is 10.9. The molecule has 2 aromatic heterocycles. The first-order chi connectivity index (χ1) is 17.6. The van der Waals surface area contributed by atoms with E-state index in [2.05, 4.69) is 15.2 Å². The van der Waals surface area contributed by atoms with Crippen LogP contribution < -0.4 is 4.74 Å². The molecular weight excluding hydrogens is 518 g/mol. The van der Waals surface area contributed by atoms with Gasteiger partial charge in [0.2, 0.25) is 0 Å². The highest BCUT2D eigenvalue weighted by Crippen LogP contribution is 2.47. The minimum absolute atomic E-state index is 0.0934. The highest BCUT2D eigenvalue weighted by atomic mass is 35.5. The zero-order valence-electron chi connectivity index (χ0n) is 19.2. The van der Waals surface area contributed by atoms with Crippen LogP contribution >= 0.6 is 35.1 Å². The molecule has 0 radical (unpaired) electrons. The Morgan fingerprint density at radius 1 is 1.14 bits per heavy atom. The molecule has 0 fully saturated rings. The molecule has 3 aliphatic rings. The number of aromatic nitrogens is 3. The fraction of sp³-hybridized carbons (Fsp3) is 0.320. The Bertz CT molecular complexity index is 1380. The van der Waals surface area contributed by atoms with Gasteiger partial charge in [-0.1, -0.05) is 35.1 Å². The van der Waals surface area contributed by atoms with E-state index in [1.54, 1.807) is 30.2 Å². The van der Waals surface area contributed by atoms with Crippen molar-refractivity contribution in [1.29, 1.82) is 0 Å². The van der Waals surface area contributed by atoms with E-state index in [1.165, 1.54) is 28.7 Å². The number of amidine groups is 1. The summed E-state index contributed by atoms with van der Waals surface area (Å²) >= 11 is 9.08. The summed E-state index contributed by atoms with van der Waals surface area (Å²) in [5, 5.41) is 10.9. The van der Waals surface area contributed by atoms with Crippen molar-refractivity contribution in [3.05, 3.63) is 69.7 Å². The van der Waals surface area contributed by atoms with E-state index in [-0.39, 0.29) is 18.4 Å². The predicted octanol–water partition coefficient (Wildman–Crippen LogP) is 5.77. The first-order valence-corrected chi connectivity index (χ1v) is 13.9. The van der Waals surface area contributed by atoms with Gasteiger partial charge in [-0.05, 0) is 72.6 Å². The van der Waals surface area contributed by atoms with Gasteiger partial charge in [-0.15, -0.1) is 10.2 Å². The number of thioether (sulfide) groups is 2. The zero-order chi connectivity index (χ0) is 24.5. The number of fused-ring (bicyclic) bond motifs is 2. The average Bonchev–Trinajstić information content (AvgIpc) is 3.62. The second-order valence-electron chi connectivity index (χ2n) is 8.60. The molecule has 1 atom stereocenters. The molecule has 184 valence electrons. The van der Waals surface area contributed by atoms with Gasteiger partial charge in [0.25, 0.3) is 5.91 Å². The standard InChI is InChI=1S/C25H22ClN5O3S2/c26-15-7-9-16(10-8-15)34-13-21-29-30-25(31(21)12-17-4-3-11-33-17)35-14-20-27-23(32)22-18-5-1-2-6-19(18)36-24(22)28-20/h3-4,7-11,22H,1-2,5-6,12-14H2. The molecule has 1 unspecified atom stereocenters. The summed E-state index contributed by atoms with van der Waals surface area (Å²) < 4.78 is 13.4. The molecule has 6 rings (SSSR count). The molecular formula is C25H22ClN5O3S2. The maximum absolute atomic E-state index is 12.9. The van der Waals surface area contributed by atoms with Gasteiger partial charge in [0.05, 0.1) is 23.6 Å². The maximum Gasteiger partial charge on any atom is 0.261 e. The number of furan rings is 1. The number of rotatable bonds is 8. The fourth-order valence-electron chi connectivity index (χ4n) is 4.47. The van der Waals surface area contributed by atoms with Crippen LogP contribution in [0.2, 0.25) is 5.02 Å². The third-order valence-electron chi connectivity index (χ3n) is 6.21. The molecule has 2 aliphatic heterocycles. The molecule has 36 heavy (non-hydrogen) atoms. The van der Waals surface area contributed by atoms with Crippen molar-refractivity contribution in [2.45, 2.75) is 44.0 Å². The number of nitrogens with zero attached hydrogens (tertiary/aromatic N) is 5. The highest BCUT2D eigenvalue weighted by molar-refractivity contribution is 8.17. The monoisotopic (exact) mass is 539 g/mol. The Hall–Kier alpha value is -2.82. The maximum atomic E-state index is 12.9. The molecule has 4 heterocycles. The molecule has 11 heteroatoms. The smallest absolute Gasteiger partial charge is 0.261 e.